The first-order valence-electron chi connectivity index (χ1n) is 8.51. The van der Waals surface area contributed by atoms with E-state index in [0.29, 0.717) is 13.1 Å². The average molecular weight is 344 g/mol. The van der Waals surface area contributed by atoms with Crippen LogP contribution in [0.1, 0.15) is 24.0 Å². The summed E-state index contributed by atoms with van der Waals surface area (Å²) >= 11 is 0. The normalized spacial score (nSPS) is 17.6. The summed E-state index contributed by atoms with van der Waals surface area (Å²) in [5.74, 6) is -0.506. The summed E-state index contributed by atoms with van der Waals surface area (Å²) in [6.07, 6.45) is 1.78. The van der Waals surface area contributed by atoms with Crippen molar-refractivity contribution in [3.05, 3.63) is 71.3 Å². The monoisotopic (exact) mass is 344 g/mol. The number of carbonyl (C=O) groups is 1. The van der Waals surface area contributed by atoms with Gasteiger partial charge in [-0.2, -0.15) is 0 Å². The van der Waals surface area contributed by atoms with Crippen LogP contribution in [0.3, 0.4) is 0 Å². The molecule has 1 heterocycles. The van der Waals surface area contributed by atoms with Crippen molar-refractivity contribution in [2.75, 3.05) is 13.6 Å². The molecule has 1 amide bonds. The van der Waals surface area contributed by atoms with Crippen molar-refractivity contribution < 1.29 is 13.6 Å². The fourth-order valence-electron chi connectivity index (χ4n) is 3.36. The maximum absolute atomic E-state index is 13.3. The Labute approximate surface area is 146 Å². The zero-order chi connectivity index (χ0) is 17.8. The lowest BCUT2D eigenvalue weighted by atomic mass is 10.1. The zero-order valence-electron chi connectivity index (χ0n) is 14.3. The van der Waals surface area contributed by atoms with Crippen LogP contribution in [0.2, 0.25) is 0 Å². The standard InChI is InChI=1S/C20H22F2N2O/c1-23(13-16-4-2-5-18(22)12-16)20(25)19-6-3-11-24(19)14-15-7-9-17(21)10-8-15/h2,4-5,7-10,12,19H,3,6,11,13-14H2,1H3. The lowest BCUT2D eigenvalue weighted by molar-refractivity contribution is -0.135. The highest BCUT2D eigenvalue weighted by molar-refractivity contribution is 5.82. The molecule has 5 heteroatoms. The van der Waals surface area contributed by atoms with Crippen LogP contribution in [0.15, 0.2) is 48.5 Å². The summed E-state index contributed by atoms with van der Waals surface area (Å²) in [6.45, 7) is 1.86. The van der Waals surface area contributed by atoms with Gasteiger partial charge in [-0.3, -0.25) is 9.69 Å². The van der Waals surface area contributed by atoms with E-state index in [9.17, 15) is 13.6 Å². The Morgan fingerprint density at radius 3 is 2.60 bits per heavy atom. The second-order valence-corrected chi connectivity index (χ2v) is 6.58. The number of rotatable bonds is 5. The van der Waals surface area contributed by atoms with Gasteiger partial charge >= 0.3 is 0 Å². The first-order chi connectivity index (χ1) is 12.0. The number of hydrogen-bond donors (Lipinski definition) is 0. The first kappa shape index (κ1) is 17.5. The van der Waals surface area contributed by atoms with Crippen LogP contribution >= 0.6 is 0 Å². The quantitative estimate of drug-likeness (QED) is 0.828. The van der Waals surface area contributed by atoms with E-state index in [1.807, 2.05) is 6.07 Å². The molecule has 1 fully saturated rings. The number of halogens is 2. The average Bonchev–Trinajstić information content (AvgIpc) is 3.04. The molecule has 0 spiro atoms. The fraction of sp³-hybridized carbons (Fsp3) is 0.350. The van der Waals surface area contributed by atoms with Crippen molar-refractivity contribution in [2.24, 2.45) is 0 Å². The summed E-state index contributed by atoms with van der Waals surface area (Å²) in [5.41, 5.74) is 1.77. The van der Waals surface area contributed by atoms with Crippen molar-refractivity contribution in [1.29, 1.82) is 0 Å². The van der Waals surface area contributed by atoms with Gasteiger partial charge in [0.15, 0.2) is 0 Å². The van der Waals surface area contributed by atoms with E-state index in [2.05, 4.69) is 4.90 Å². The molecule has 132 valence electrons. The van der Waals surface area contributed by atoms with Crippen molar-refractivity contribution in [1.82, 2.24) is 9.80 Å². The van der Waals surface area contributed by atoms with Crippen LogP contribution in [-0.2, 0) is 17.9 Å². The van der Waals surface area contributed by atoms with Crippen LogP contribution in [0.25, 0.3) is 0 Å². The molecule has 3 rings (SSSR count). The Bertz CT molecular complexity index is 733. The molecule has 25 heavy (non-hydrogen) atoms. The third-order valence-electron chi connectivity index (χ3n) is 4.63. The highest BCUT2D eigenvalue weighted by Crippen LogP contribution is 2.22. The van der Waals surface area contributed by atoms with E-state index < -0.39 is 0 Å². The predicted molar refractivity (Wildman–Crippen MR) is 92.7 cm³/mol. The Morgan fingerprint density at radius 2 is 1.88 bits per heavy atom. The van der Waals surface area contributed by atoms with E-state index in [1.54, 1.807) is 30.1 Å². The Morgan fingerprint density at radius 1 is 1.12 bits per heavy atom. The number of carbonyl (C=O) groups excluding carboxylic acids is 1. The maximum Gasteiger partial charge on any atom is 0.239 e. The SMILES string of the molecule is CN(Cc1cccc(F)c1)C(=O)C1CCCN1Cc1ccc(F)cc1. The molecule has 0 radical (unpaired) electrons. The highest BCUT2D eigenvalue weighted by Gasteiger charge is 2.32. The fourth-order valence-corrected chi connectivity index (χ4v) is 3.36. The third kappa shape index (κ3) is 4.42. The minimum atomic E-state index is -0.294. The lowest BCUT2D eigenvalue weighted by Gasteiger charge is -2.28. The van der Waals surface area contributed by atoms with Crippen LogP contribution < -0.4 is 0 Å². The van der Waals surface area contributed by atoms with Crippen molar-refractivity contribution >= 4 is 5.91 Å². The number of likely N-dealkylation sites (tertiary alicyclic amines) is 1. The molecule has 2 aromatic rings. The molecule has 0 saturated carbocycles. The topological polar surface area (TPSA) is 23.6 Å². The molecule has 1 atom stereocenters. The summed E-state index contributed by atoms with van der Waals surface area (Å²) in [4.78, 5) is 16.6. The van der Waals surface area contributed by atoms with Crippen LogP contribution in [-0.4, -0.2) is 35.3 Å². The van der Waals surface area contributed by atoms with E-state index in [-0.39, 0.29) is 23.6 Å². The molecule has 0 N–H and O–H groups in total. The second kappa shape index (κ2) is 7.74. The summed E-state index contributed by atoms with van der Waals surface area (Å²) in [5, 5.41) is 0. The lowest BCUT2D eigenvalue weighted by Crippen LogP contribution is -2.43. The van der Waals surface area contributed by atoms with Gasteiger partial charge in [-0.05, 0) is 54.8 Å². The predicted octanol–water partition coefficient (Wildman–Crippen LogP) is 3.59. The Hall–Kier alpha value is -2.27. The molecule has 2 aromatic carbocycles. The molecular weight excluding hydrogens is 322 g/mol. The smallest absolute Gasteiger partial charge is 0.239 e. The number of benzene rings is 2. The van der Waals surface area contributed by atoms with Crippen molar-refractivity contribution in [2.45, 2.75) is 32.0 Å². The number of hydrogen-bond acceptors (Lipinski definition) is 2. The largest absolute Gasteiger partial charge is 0.340 e. The summed E-state index contributed by atoms with van der Waals surface area (Å²) in [6, 6.07) is 12.5. The molecule has 0 aliphatic carbocycles. The zero-order valence-corrected chi connectivity index (χ0v) is 14.3. The van der Waals surface area contributed by atoms with E-state index in [4.69, 9.17) is 0 Å². The first-order valence-corrected chi connectivity index (χ1v) is 8.51. The van der Waals surface area contributed by atoms with Gasteiger partial charge in [0.25, 0.3) is 0 Å². The molecule has 1 saturated heterocycles. The van der Waals surface area contributed by atoms with Crippen molar-refractivity contribution in [3.63, 3.8) is 0 Å². The highest BCUT2D eigenvalue weighted by atomic mass is 19.1. The Kier molecular flexibility index (Phi) is 5.43. The Balaban J connectivity index is 1.64. The third-order valence-corrected chi connectivity index (χ3v) is 4.63. The molecular formula is C20H22F2N2O. The van der Waals surface area contributed by atoms with Gasteiger partial charge in [0, 0.05) is 20.1 Å². The van der Waals surface area contributed by atoms with Gasteiger partial charge in [-0.25, -0.2) is 8.78 Å². The van der Waals surface area contributed by atoms with Gasteiger partial charge in [-0.15, -0.1) is 0 Å². The molecule has 3 nitrogen and oxygen atoms in total. The number of likely N-dealkylation sites (N-methyl/N-ethyl adjacent to an activating group) is 1. The van der Waals surface area contributed by atoms with E-state index in [0.717, 1.165) is 30.5 Å². The molecule has 0 bridgehead atoms. The molecule has 1 aliphatic heterocycles. The van der Waals surface area contributed by atoms with Gasteiger partial charge < -0.3 is 4.90 Å². The van der Waals surface area contributed by atoms with Gasteiger partial charge in [-0.1, -0.05) is 24.3 Å². The minimum Gasteiger partial charge on any atom is -0.340 e. The van der Waals surface area contributed by atoms with Gasteiger partial charge in [0.1, 0.15) is 11.6 Å². The molecule has 0 aromatic heterocycles. The number of amides is 1. The van der Waals surface area contributed by atoms with Crippen LogP contribution in [0.4, 0.5) is 8.78 Å². The van der Waals surface area contributed by atoms with Crippen molar-refractivity contribution in [3.8, 4) is 0 Å². The van der Waals surface area contributed by atoms with E-state index in [1.165, 1.54) is 24.3 Å². The van der Waals surface area contributed by atoms with Crippen LogP contribution in [0.5, 0.6) is 0 Å². The minimum absolute atomic E-state index is 0.0453. The second-order valence-electron chi connectivity index (χ2n) is 6.58. The van der Waals surface area contributed by atoms with Gasteiger partial charge in [0.2, 0.25) is 5.91 Å². The maximum atomic E-state index is 13.3. The van der Waals surface area contributed by atoms with Gasteiger partial charge in [0.05, 0.1) is 6.04 Å². The molecule has 1 aliphatic rings. The summed E-state index contributed by atoms with van der Waals surface area (Å²) in [7, 11) is 1.75. The summed E-state index contributed by atoms with van der Waals surface area (Å²) < 4.78 is 26.4. The number of nitrogens with zero attached hydrogens (tertiary/aromatic N) is 2. The van der Waals surface area contributed by atoms with E-state index >= 15 is 0 Å². The van der Waals surface area contributed by atoms with Crippen LogP contribution in [0, 0.1) is 11.6 Å². The molecule has 1 unspecified atom stereocenters.